The molecule has 0 unspecified atom stereocenters. The molecule has 0 aromatic heterocycles. The van der Waals surface area contributed by atoms with Gasteiger partial charge < -0.3 is 4.74 Å². The highest BCUT2D eigenvalue weighted by molar-refractivity contribution is 5.85. The van der Waals surface area contributed by atoms with E-state index in [9.17, 15) is 4.39 Å². The third-order valence-electron chi connectivity index (χ3n) is 8.35. The molecule has 0 aliphatic heterocycles. The fourth-order valence-corrected chi connectivity index (χ4v) is 6.24. The van der Waals surface area contributed by atoms with E-state index < -0.39 is 11.6 Å². The van der Waals surface area contributed by atoms with Crippen LogP contribution in [0, 0.1) is 29.4 Å². The van der Waals surface area contributed by atoms with Crippen molar-refractivity contribution in [3.8, 4) is 5.75 Å². The van der Waals surface area contributed by atoms with Gasteiger partial charge in [-0.2, -0.15) is 0 Å². The van der Waals surface area contributed by atoms with Crippen molar-refractivity contribution in [3.05, 3.63) is 53.6 Å². The Morgan fingerprint density at radius 3 is 2.18 bits per heavy atom. The van der Waals surface area contributed by atoms with Crippen molar-refractivity contribution in [2.24, 2.45) is 17.8 Å². The second-order valence-corrected chi connectivity index (χ2v) is 10.7. The Bertz CT molecular complexity index is 950. The number of hydrogen-bond donors (Lipinski definition) is 0. The van der Waals surface area contributed by atoms with E-state index >= 15 is 4.39 Å². The molecular formula is C31H42F2O. The number of rotatable bonds is 9. The number of allylic oxidation sites excluding steroid dienone is 2. The number of ether oxygens (including phenoxy) is 1. The molecule has 2 aliphatic rings. The SMILES string of the molecule is CCC/C=C/C1CCC(CCC2CCC(c3cc4ccc(OCC)cc4c(F)c3F)CC2)CC1. The molecule has 0 saturated heterocycles. The van der Waals surface area contributed by atoms with Gasteiger partial charge in [-0.05, 0) is 118 Å². The molecule has 0 amide bonds. The Hall–Kier alpha value is -1.90. The van der Waals surface area contributed by atoms with Crippen LogP contribution in [-0.2, 0) is 0 Å². The van der Waals surface area contributed by atoms with Gasteiger partial charge in [0.15, 0.2) is 11.6 Å². The molecule has 3 heteroatoms. The number of halogens is 2. The van der Waals surface area contributed by atoms with Crippen LogP contribution in [0.3, 0.4) is 0 Å². The van der Waals surface area contributed by atoms with Crippen LogP contribution in [0.2, 0.25) is 0 Å². The minimum atomic E-state index is -0.726. The van der Waals surface area contributed by atoms with Gasteiger partial charge in [0.1, 0.15) is 5.75 Å². The lowest BCUT2D eigenvalue weighted by molar-refractivity contribution is 0.245. The fourth-order valence-electron chi connectivity index (χ4n) is 6.24. The van der Waals surface area contributed by atoms with Crippen molar-refractivity contribution < 1.29 is 13.5 Å². The Morgan fingerprint density at radius 2 is 1.53 bits per heavy atom. The summed E-state index contributed by atoms with van der Waals surface area (Å²) >= 11 is 0. The first kappa shape index (κ1) is 25.2. The average Bonchev–Trinajstić information content (AvgIpc) is 2.87. The summed E-state index contributed by atoms with van der Waals surface area (Å²) in [6, 6.07) is 7.19. The van der Waals surface area contributed by atoms with Crippen LogP contribution < -0.4 is 4.74 Å². The summed E-state index contributed by atoms with van der Waals surface area (Å²) in [5.74, 6) is 1.78. The quantitative estimate of drug-likeness (QED) is 0.333. The maximum atomic E-state index is 15.0. The van der Waals surface area contributed by atoms with Gasteiger partial charge >= 0.3 is 0 Å². The minimum absolute atomic E-state index is 0.132. The number of fused-ring (bicyclic) bond motifs is 1. The minimum Gasteiger partial charge on any atom is -0.494 e. The van der Waals surface area contributed by atoms with Gasteiger partial charge in [-0.15, -0.1) is 0 Å². The zero-order valence-electron chi connectivity index (χ0n) is 21.1. The Kier molecular flexibility index (Phi) is 9.03. The van der Waals surface area contributed by atoms with Gasteiger partial charge in [0, 0.05) is 5.39 Å². The lowest BCUT2D eigenvalue weighted by atomic mass is 9.74. The van der Waals surface area contributed by atoms with Crippen molar-refractivity contribution >= 4 is 10.8 Å². The molecule has 2 aliphatic carbocycles. The molecule has 0 atom stereocenters. The molecule has 0 heterocycles. The molecule has 4 rings (SSSR count). The zero-order valence-corrected chi connectivity index (χ0v) is 21.1. The van der Waals surface area contributed by atoms with Crippen LogP contribution in [0.5, 0.6) is 5.75 Å². The van der Waals surface area contributed by atoms with Gasteiger partial charge in [0.25, 0.3) is 0 Å². The van der Waals surface area contributed by atoms with Crippen LogP contribution >= 0.6 is 0 Å². The van der Waals surface area contributed by atoms with Crippen LogP contribution in [0.25, 0.3) is 10.8 Å². The second-order valence-electron chi connectivity index (χ2n) is 10.7. The van der Waals surface area contributed by atoms with Gasteiger partial charge in [0.2, 0.25) is 0 Å². The molecule has 186 valence electrons. The van der Waals surface area contributed by atoms with Crippen molar-refractivity contribution in [1.29, 1.82) is 0 Å². The first-order chi connectivity index (χ1) is 16.6. The summed E-state index contributed by atoms with van der Waals surface area (Å²) in [5.41, 5.74) is 0.571. The summed E-state index contributed by atoms with van der Waals surface area (Å²) in [6.45, 7) is 4.64. The Balaban J connectivity index is 1.28. The van der Waals surface area contributed by atoms with Gasteiger partial charge in [-0.3, -0.25) is 0 Å². The second kappa shape index (κ2) is 12.2. The summed E-state index contributed by atoms with van der Waals surface area (Å²) in [5, 5.41) is 1.08. The van der Waals surface area contributed by atoms with E-state index in [2.05, 4.69) is 19.1 Å². The molecule has 2 aromatic rings. The third kappa shape index (κ3) is 6.20. The molecule has 0 bridgehead atoms. The lowest BCUT2D eigenvalue weighted by Crippen LogP contribution is -2.18. The smallest absolute Gasteiger partial charge is 0.167 e. The summed E-state index contributed by atoms with van der Waals surface area (Å²) in [7, 11) is 0. The molecule has 0 spiro atoms. The molecule has 0 radical (unpaired) electrons. The van der Waals surface area contributed by atoms with Gasteiger partial charge in [0.05, 0.1) is 6.61 Å². The molecule has 34 heavy (non-hydrogen) atoms. The monoisotopic (exact) mass is 468 g/mol. The number of unbranched alkanes of at least 4 members (excludes halogenated alkanes) is 1. The van der Waals surface area contributed by atoms with Crippen molar-refractivity contribution in [3.63, 3.8) is 0 Å². The van der Waals surface area contributed by atoms with Crippen molar-refractivity contribution in [2.75, 3.05) is 6.61 Å². The van der Waals surface area contributed by atoms with E-state index in [1.807, 2.05) is 25.1 Å². The molecule has 2 saturated carbocycles. The zero-order chi connectivity index (χ0) is 23.9. The van der Waals surface area contributed by atoms with Crippen LogP contribution in [0.15, 0.2) is 36.4 Å². The molecule has 1 nitrogen and oxygen atoms in total. The van der Waals surface area contributed by atoms with Gasteiger partial charge in [-0.1, -0.05) is 44.4 Å². The standard InChI is InChI=1S/C31H42F2O/c1-3-5-6-7-22-8-10-23(11-9-22)12-13-24-14-16-25(17-15-24)28-20-26-18-19-27(34-4-2)21-29(26)31(33)30(28)32/h6-7,18-25H,3-5,8-17H2,1-2H3/b7-6+. The van der Waals surface area contributed by atoms with E-state index in [4.69, 9.17) is 4.74 Å². The van der Waals surface area contributed by atoms with E-state index in [1.54, 1.807) is 6.07 Å². The molecule has 2 fully saturated rings. The van der Waals surface area contributed by atoms with Crippen LogP contribution in [0.4, 0.5) is 8.78 Å². The van der Waals surface area contributed by atoms with E-state index in [0.717, 1.165) is 48.8 Å². The molecule has 2 aromatic carbocycles. The fraction of sp³-hybridized carbons (Fsp3) is 0.613. The number of benzene rings is 2. The van der Waals surface area contributed by atoms with Crippen molar-refractivity contribution in [1.82, 2.24) is 0 Å². The molecule has 0 N–H and O–H groups in total. The average molecular weight is 469 g/mol. The third-order valence-corrected chi connectivity index (χ3v) is 8.35. The highest BCUT2D eigenvalue weighted by atomic mass is 19.2. The van der Waals surface area contributed by atoms with E-state index in [-0.39, 0.29) is 5.92 Å². The van der Waals surface area contributed by atoms with Crippen molar-refractivity contribution in [2.45, 2.75) is 96.8 Å². The first-order valence-corrected chi connectivity index (χ1v) is 13.8. The topological polar surface area (TPSA) is 9.23 Å². The normalized spacial score (nSPS) is 25.8. The first-order valence-electron chi connectivity index (χ1n) is 13.8. The summed E-state index contributed by atoms with van der Waals surface area (Å²) in [6.07, 6.45) is 19.7. The maximum absolute atomic E-state index is 15.0. The lowest BCUT2D eigenvalue weighted by Gasteiger charge is -2.32. The number of hydrogen-bond acceptors (Lipinski definition) is 1. The summed E-state index contributed by atoms with van der Waals surface area (Å²) < 4.78 is 35.4. The Labute approximate surface area is 205 Å². The largest absolute Gasteiger partial charge is 0.494 e. The summed E-state index contributed by atoms with van der Waals surface area (Å²) in [4.78, 5) is 0. The Morgan fingerprint density at radius 1 is 0.853 bits per heavy atom. The predicted molar refractivity (Wildman–Crippen MR) is 138 cm³/mol. The molecular weight excluding hydrogens is 426 g/mol. The highest BCUT2D eigenvalue weighted by Gasteiger charge is 2.28. The highest BCUT2D eigenvalue weighted by Crippen LogP contribution is 2.42. The van der Waals surface area contributed by atoms with Gasteiger partial charge in [-0.25, -0.2) is 8.78 Å². The van der Waals surface area contributed by atoms with Crippen LogP contribution in [-0.4, -0.2) is 6.61 Å². The van der Waals surface area contributed by atoms with E-state index in [0.29, 0.717) is 23.3 Å². The van der Waals surface area contributed by atoms with Crippen LogP contribution in [0.1, 0.15) is 102 Å². The maximum Gasteiger partial charge on any atom is 0.167 e. The van der Waals surface area contributed by atoms with E-state index in [1.165, 1.54) is 51.4 Å². The predicted octanol–water partition coefficient (Wildman–Crippen LogP) is 9.73.